The Morgan fingerprint density at radius 2 is 1.70 bits per heavy atom. The van der Waals surface area contributed by atoms with Gasteiger partial charge < -0.3 is 9.64 Å². The van der Waals surface area contributed by atoms with Crippen molar-refractivity contribution < 1.29 is 17.9 Å². The number of nitrogens with zero attached hydrogens (tertiary/aromatic N) is 3. The molecule has 0 aliphatic heterocycles. The van der Waals surface area contributed by atoms with Gasteiger partial charge in [-0.3, -0.25) is 0 Å². The van der Waals surface area contributed by atoms with E-state index >= 15 is 0 Å². The molecule has 0 N–H and O–H groups in total. The quantitative estimate of drug-likeness (QED) is 0.451. The minimum Gasteiger partial charge on any atom is -0.459 e. The molecule has 1 heterocycles. The van der Waals surface area contributed by atoms with E-state index in [1.54, 1.807) is 12.1 Å². The summed E-state index contributed by atoms with van der Waals surface area (Å²) in [6.45, 7) is 0.165. The van der Waals surface area contributed by atoms with Crippen LogP contribution in [0.2, 0.25) is 0 Å². The number of anilines is 2. The molecule has 0 bridgehead atoms. The van der Waals surface area contributed by atoms with Crippen LogP contribution in [0.1, 0.15) is 11.1 Å². The van der Waals surface area contributed by atoms with Gasteiger partial charge in [-0.05, 0) is 40.3 Å². The zero-order valence-electron chi connectivity index (χ0n) is 14.2. The molecule has 0 atom stereocenters. The van der Waals surface area contributed by atoms with Crippen LogP contribution in [0.25, 0.3) is 0 Å². The van der Waals surface area contributed by atoms with Gasteiger partial charge in [-0.1, -0.05) is 42.5 Å². The van der Waals surface area contributed by atoms with Crippen molar-refractivity contribution >= 4 is 34.1 Å². The molecule has 3 aromatic rings. The van der Waals surface area contributed by atoms with E-state index < -0.39 is 11.7 Å². The number of ether oxygens (including phenoxy) is 1. The van der Waals surface area contributed by atoms with E-state index in [1.165, 1.54) is 11.9 Å². The summed E-state index contributed by atoms with van der Waals surface area (Å²) in [4.78, 5) is 9.17. The fourth-order valence-electron chi connectivity index (χ4n) is 2.44. The maximum absolute atomic E-state index is 13.5. The molecule has 3 rings (SSSR count). The largest absolute Gasteiger partial charge is 0.459 e. The highest BCUT2D eigenvalue weighted by molar-refractivity contribution is 14.1. The number of hydrogen-bond acceptors (Lipinski definition) is 4. The summed E-state index contributed by atoms with van der Waals surface area (Å²) in [5.41, 5.74) is 0.557. The summed E-state index contributed by atoms with van der Waals surface area (Å²) in [6.07, 6.45) is -3.82. The number of halogens is 4. The van der Waals surface area contributed by atoms with Crippen molar-refractivity contribution in [1.29, 1.82) is 0 Å². The molecule has 2 aromatic carbocycles. The summed E-state index contributed by atoms with van der Waals surface area (Å²) < 4.78 is 46.7. The van der Waals surface area contributed by atoms with Crippen LogP contribution in [0.3, 0.4) is 0 Å². The Morgan fingerprint density at radius 1 is 1.04 bits per heavy atom. The lowest BCUT2D eigenvalue weighted by atomic mass is 10.2. The third-order valence-corrected chi connectivity index (χ3v) is 4.71. The predicted octanol–water partition coefficient (Wildman–Crippen LogP) is 5.45. The highest BCUT2D eigenvalue weighted by Crippen LogP contribution is 2.38. The first kappa shape index (κ1) is 19.4. The number of aromatic nitrogens is 2. The lowest BCUT2D eigenvalue weighted by Crippen LogP contribution is -2.20. The summed E-state index contributed by atoms with van der Waals surface area (Å²) in [5.74, 6) is -0.260. The number of benzene rings is 2. The number of rotatable bonds is 5. The molecular formula is C19H15F3IN3O. The van der Waals surface area contributed by atoms with Crippen LogP contribution in [0.15, 0.2) is 60.8 Å². The molecule has 0 aliphatic carbocycles. The highest BCUT2D eigenvalue weighted by Gasteiger charge is 2.37. The molecule has 0 spiro atoms. The number of alkyl halides is 3. The summed E-state index contributed by atoms with van der Waals surface area (Å²) in [6, 6.07) is 16.3. The Hall–Kier alpha value is -2.36. The van der Waals surface area contributed by atoms with Gasteiger partial charge in [-0.2, -0.15) is 18.2 Å². The molecule has 0 saturated carbocycles. The molecule has 0 unspecified atom stereocenters. The molecular weight excluding hydrogens is 470 g/mol. The molecule has 4 nitrogen and oxygen atoms in total. The number of para-hydroxylation sites is 1. The molecule has 0 fully saturated rings. The van der Waals surface area contributed by atoms with E-state index in [-0.39, 0.29) is 18.4 Å². The smallest absolute Gasteiger partial charge is 0.421 e. The first-order valence-electron chi connectivity index (χ1n) is 7.95. The molecule has 27 heavy (non-hydrogen) atoms. The van der Waals surface area contributed by atoms with Gasteiger partial charge in [-0.25, -0.2) is 4.98 Å². The minimum atomic E-state index is -4.58. The predicted molar refractivity (Wildman–Crippen MR) is 105 cm³/mol. The second-order valence-corrected chi connectivity index (χ2v) is 6.83. The van der Waals surface area contributed by atoms with E-state index in [2.05, 4.69) is 32.6 Å². The van der Waals surface area contributed by atoms with Crippen LogP contribution >= 0.6 is 22.6 Å². The third kappa shape index (κ3) is 4.68. The van der Waals surface area contributed by atoms with Gasteiger partial charge in [0.05, 0.1) is 5.69 Å². The first-order chi connectivity index (χ1) is 12.9. The van der Waals surface area contributed by atoms with Crippen molar-refractivity contribution in [2.24, 2.45) is 0 Å². The van der Waals surface area contributed by atoms with Gasteiger partial charge in [0, 0.05) is 16.8 Å². The fourth-order valence-corrected chi connectivity index (χ4v) is 3.19. The van der Waals surface area contributed by atoms with Crippen LogP contribution in [-0.4, -0.2) is 17.0 Å². The fraction of sp³-hybridized carbons (Fsp3) is 0.158. The van der Waals surface area contributed by atoms with Crippen molar-refractivity contribution in [3.8, 4) is 6.01 Å². The zero-order valence-corrected chi connectivity index (χ0v) is 16.4. The second-order valence-electron chi connectivity index (χ2n) is 5.67. The Labute approximate surface area is 168 Å². The zero-order chi connectivity index (χ0) is 19.4. The van der Waals surface area contributed by atoms with Gasteiger partial charge in [0.15, 0.2) is 5.82 Å². The molecule has 0 amide bonds. The van der Waals surface area contributed by atoms with Crippen molar-refractivity contribution in [2.75, 3.05) is 11.9 Å². The van der Waals surface area contributed by atoms with E-state index in [0.29, 0.717) is 5.69 Å². The van der Waals surface area contributed by atoms with E-state index in [0.717, 1.165) is 15.3 Å². The molecule has 1 aromatic heterocycles. The van der Waals surface area contributed by atoms with Gasteiger partial charge in [0.1, 0.15) is 12.2 Å². The van der Waals surface area contributed by atoms with Crippen molar-refractivity contribution in [1.82, 2.24) is 9.97 Å². The maximum Gasteiger partial charge on any atom is 0.421 e. The molecule has 0 aliphatic rings. The Morgan fingerprint density at radius 3 is 2.37 bits per heavy atom. The van der Waals surface area contributed by atoms with E-state index in [4.69, 9.17) is 4.74 Å². The van der Waals surface area contributed by atoms with Crippen LogP contribution in [0.4, 0.5) is 24.7 Å². The van der Waals surface area contributed by atoms with Crippen LogP contribution in [0.5, 0.6) is 6.01 Å². The van der Waals surface area contributed by atoms with Gasteiger partial charge in [0.25, 0.3) is 0 Å². The molecule has 8 heteroatoms. The molecule has 0 saturated heterocycles. The molecule has 0 radical (unpaired) electrons. The Kier molecular flexibility index (Phi) is 5.83. The van der Waals surface area contributed by atoms with Gasteiger partial charge in [-0.15, -0.1) is 0 Å². The van der Waals surface area contributed by atoms with Gasteiger partial charge in [0.2, 0.25) is 0 Å². The second kappa shape index (κ2) is 8.12. The lowest BCUT2D eigenvalue weighted by molar-refractivity contribution is -0.137. The number of hydrogen-bond donors (Lipinski definition) is 0. The summed E-state index contributed by atoms with van der Waals surface area (Å²) in [7, 11) is 1.54. The monoisotopic (exact) mass is 485 g/mol. The minimum absolute atomic E-state index is 0.111. The lowest BCUT2D eigenvalue weighted by Gasteiger charge is -2.23. The van der Waals surface area contributed by atoms with E-state index in [1.807, 2.05) is 42.5 Å². The van der Waals surface area contributed by atoms with Crippen molar-refractivity contribution in [3.63, 3.8) is 0 Å². The third-order valence-electron chi connectivity index (χ3n) is 3.79. The van der Waals surface area contributed by atoms with E-state index in [9.17, 15) is 13.2 Å². The summed E-state index contributed by atoms with van der Waals surface area (Å²) >= 11 is 2.07. The Bertz CT molecular complexity index is 920. The van der Waals surface area contributed by atoms with Crippen LogP contribution in [0, 0.1) is 3.57 Å². The normalized spacial score (nSPS) is 11.3. The average molecular weight is 485 g/mol. The summed E-state index contributed by atoms with van der Waals surface area (Å²) in [5, 5.41) is 0. The first-order valence-corrected chi connectivity index (χ1v) is 9.03. The van der Waals surface area contributed by atoms with Crippen molar-refractivity contribution in [3.05, 3.63) is 75.5 Å². The topological polar surface area (TPSA) is 38.2 Å². The highest BCUT2D eigenvalue weighted by atomic mass is 127. The van der Waals surface area contributed by atoms with Gasteiger partial charge >= 0.3 is 12.2 Å². The maximum atomic E-state index is 13.5. The van der Waals surface area contributed by atoms with Crippen LogP contribution in [-0.2, 0) is 12.8 Å². The standard InChI is InChI=1S/C19H15F3IN3O/c1-26(16-10-6-5-9-15(16)23)17-14(19(20,21)22)11-24-18(25-17)27-12-13-7-3-2-4-8-13/h2-11H,12H2,1H3. The SMILES string of the molecule is CN(c1ccccc1I)c1nc(OCc2ccccc2)ncc1C(F)(F)F. The Balaban J connectivity index is 1.95. The van der Waals surface area contributed by atoms with Crippen molar-refractivity contribution in [2.45, 2.75) is 12.8 Å². The molecule has 140 valence electrons. The average Bonchev–Trinajstić information content (AvgIpc) is 2.66. The van der Waals surface area contributed by atoms with Crippen LogP contribution < -0.4 is 9.64 Å².